The van der Waals surface area contributed by atoms with Crippen LogP contribution in [-0.2, 0) is 26.0 Å². The number of pyridine rings is 1. The van der Waals surface area contributed by atoms with Gasteiger partial charge in [0.15, 0.2) is 15.4 Å². The van der Waals surface area contributed by atoms with Crippen LogP contribution < -0.4 is 20.7 Å². The number of alkyl carbamates (subject to hydrolysis) is 1. The number of imide groups is 1. The highest BCUT2D eigenvalue weighted by atomic mass is 32.2. The lowest BCUT2D eigenvalue weighted by Gasteiger charge is -2.27. The summed E-state index contributed by atoms with van der Waals surface area (Å²) >= 11 is 0. The molecule has 3 aromatic rings. The molecule has 2 heterocycles. The van der Waals surface area contributed by atoms with Crippen LogP contribution >= 0.6 is 0 Å². The van der Waals surface area contributed by atoms with E-state index in [9.17, 15) is 22.8 Å². The third-order valence-corrected chi connectivity index (χ3v) is 7.75. The van der Waals surface area contributed by atoms with Crippen molar-refractivity contribution >= 4 is 38.8 Å². The zero-order chi connectivity index (χ0) is 28.4. The monoisotopic (exact) mass is 554 g/mol. The Labute approximate surface area is 226 Å². The predicted octanol–water partition coefficient (Wildman–Crippen LogP) is 3.00. The molecule has 1 unspecified atom stereocenters. The number of carbonyl (C=O) groups is 3. The van der Waals surface area contributed by atoms with Gasteiger partial charge in [-0.3, -0.25) is 15.1 Å². The normalized spacial score (nSPS) is 17.4. The molecule has 0 radical (unpaired) electrons. The minimum Gasteiger partial charge on any atom is -0.489 e. The molecule has 0 saturated carbocycles. The van der Waals surface area contributed by atoms with Crippen LogP contribution in [-0.4, -0.2) is 54.9 Å². The maximum absolute atomic E-state index is 13.3. The van der Waals surface area contributed by atoms with E-state index in [-0.39, 0.29) is 11.5 Å². The van der Waals surface area contributed by atoms with Crippen LogP contribution in [0.25, 0.3) is 10.9 Å². The summed E-state index contributed by atoms with van der Waals surface area (Å²) < 4.78 is 37.6. The number of nitrogens with one attached hydrogen (secondary N) is 3. The molecule has 2 aromatic carbocycles. The van der Waals surface area contributed by atoms with Crippen molar-refractivity contribution in [2.24, 2.45) is 0 Å². The van der Waals surface area contributed by atoms with Crippen LogP contribution in [0.15, 0.2) is 59.5 Å². The van der Waals surface area contributed by atoms with Crippen molar-refractivity contribution < 1.29 is 32.3 Å². The quantitative estimate of drug-likeness (QED) is 0.359. The summed E-state index contributed by atoms with van der Waals surface area (Å²) in [5.41, 5.74) is -0.0698. The molecule has 1 aliphatic rings. The Balaban J connectivity index is 1.48. The fourth-order valence-corrected chi connectivity index (χ4v) is 5.84. The number of sulfone groups is 1. The molecular formula is C27H30N4O7S. The number of carbonyl (C=O) groups excluding carboxylic acids is 3. The number of hydrogen-bond donors (Lipinski definition) is 3. The molecule has 3 N–H and O–H groups in total. The summed E-state index contributed by atoms with van der Waals surface area (Å²) in [4.78, 5) is 41.1. The van der Waals surface area contributed by atoms with Gasteiger partial charge in [-0.05, 0) is 64.1 Å². The maximum Gasteiger partial charge on any atom is 0.407 e. The van der Waals surface area contributed by atoms with E-state index in [1.807, 2.05) is 42.6 Å². The van der Waals surface area contributed by atoms with Crippen LogP contribution in [0.2, 0.25) is 0 Å². The molecule has 1 atom stereocenters. The molecule has 1 fully saturated rings. The average Bonchev–Trinajstić information content (AvgIpc) is 3.12. The summed E-state index contributed by atoms with van der Waals surface area (Å²) in [6.45, 7) is 6.64. The van der Waals surface area contributed by atoms with E-state index < -0.39 is 51.3 Å². The van der Waals surface area contributed by atoms with Gasteiger partial charge in [0.05, 0.1) is 22.7 Å². The highest BCUT2D eigenvalue weighted by Crippen LogP contribution is 2.24. The molecule has 1 saturated heterocycles. The van der Waals surface area contributed by atoms with E-state index >= 15 is 0 Å². The molecule has 0 bridgehead atoms. The number of benzene rings is 2. The third kappa shape index (κ3) is 6.63. The molecular weight excluding hydrogens is 524 g/mol. The molecule has 1 aliphatic heterocycles. The second-order valence-electron chi connectivity index (χ2n) is 10.3. The van der Waals surface area contributed by atoms with Crippen molar-refractivity contribution in [2.45, 2.75) is 50.3 Å². The maximum atomic E-state index is 13.3. The van der Waals surface area contributed by atoms with Gasteiger partial charge in [0.25, 0.3) is 5.91 Å². The fourth-order valence-electron chi connectivity index (χ4n) is 4.17. The van der Waals surface area contributed by atoms with E-state index in [0.29, 0.717) is 5.75 Å². The topological polar surface area (TPSA) is 153 Å². The van der Waals surface area contributed by atoms with E-state index in [1.54, 1.807) is 20.8 Å². The first kappa shape index (κ1) is 27.8. The van der Waals surface area contributed by atoms with Crippen molar-refractivity contribution in [3.05, 3.63) is 65.9 Å². The number of hydrogen-bond acceptors (Lipinski definition) is 8. The van der Waals surface area contributed by atoms with Gasteiger partial charge in [-0.2, -0.15) is 0 Å². The van der Waals surface area contributed by atoms with Crippen molar-refractivity contribution in [3.8, 4) is 5.75 Å². The molecule has 4 amide bonds. The lowest BCUT2D eigenvalue weighted by molar-refractivity contribution is -0.123. The molecule has 4 rings (SSSR count). The standard InChI is InChI=1S/C27H30N4O7S/c1-17-13-18(21-7-5-6-8-22(21)29-17)14-37-19-9-11-20(12-10-19)39(35,36)16-27(23(32)30-24(33)31-27)15-28-25(34)38-26(2,3)4/h5-13H,14-16H2,1-4H3,(H,28,34)(H2,30,31,32,33). The van der Waals surface area contributed by atoms with Gasteiger partial charge in [0.2, 0.25) is 0 Å². The van der Waals surface area contributed by atoms with Gasteiger partial charge in [0, 0.05) is 16.6 Å². The van der Waals surface area contributed by atoms with E-state index in [1.165, 1.54) is 24.3 Å². The third-order valence-electron chi connectivity index (χ3n) is 5.89. The molecule has 1 aromatic heterocycles. The summed E-state index contributed by atoms with van der Waals surface area (Å²) in [5.74, 6) is -1.21. The minimum atomic E-state index is -4.09. The number of aryl methyl sites for hydroxylation is 1. The van der Waals surface area contributed by atoms with Crippen molar-refractivity contribution in [1.82, 2.24) is 20.9 Å². The summed E-state index contributed by atoms with van der Waals surface area (Å²) in [6.07, 6.45) is -0.855. The smallest absolute Gasteiger partial charge is 0.407 e. The molecule has 0 spiro atoms. The Morgan fingerprint density at radius 3 is 2.41 bits per heavy atom. The first-order valence-electron chi connectivity index (χ1n) is 12.2. The van der Waals surface area contributed by atoms with Gasteiger partial charge >= 0.3 is 12.1 Å². The molecule has 206 valence electrons. The Kier molecular flexibility index (Phi) is 7.51. The Hall–Kier alpha value is -4.19. The molecule has 0 aliphatic carbocycles. The van der Waals surface area contributed by atoms with Crippen LogP contribution in [0.5, 0.6) is 5.75 Å². The van der Waals surface area contributed by atoms with Gasteiger partial charge in [-0.15, -0.1) is 0 Å². The van der Waals surface area contributed by atoms with Gasteiger partial charge in [-0.25, -0.2) is 18.0 Å². The molecule has 39 heavy (non-hydrogen) atoms. The van der Waals surface area contributed by atoms with E-state index in [2.05, 4.69) is 15.6 Å². The number of fused-ring (bicyclic) bond motifs is 1. The van der Waals surface area contributed by atoms with Crippen LogP contribution in [0.1, 0.15) is 32.0 Å². The Bertz CT molecular complexity index is 1530. The molecule has 12 heteroatoms. The fraction of sp³-hybridized carbons (Fsp3) is 0.333. The van der Waals surface area contributed by atoms with Crippen LogP contribution in [0.4, 0.5) is 9.59 Å². The molecule has 11 nitrogen and oxygen atoms in total. The highest BCUT2D eigenvalue weighted by Gasteiger charge is 2.50. The number of amides is 4. The van der Waals surface area contributed by atoms with Crippen molar-refractivity contribution in [3.63, 3.8) is 0 Å². The number of urea groups is 1. The second-order valence-corrected chi connectivity index (χ2v) is 12.3. The lowest BCUT2D eigenvalue weighted by Crippen LogP contribution is -2.59. The summed E-state index contributed by atoms with van der Waals surface area (Å²) in [5, 5.41) is 7.73. The SMILES string of the molecule is Cc1cc(COc2ccc(S(=O)(=O)CC3(CNC(=O)OC(C)(C)C)NC(=O)NC3=O)cc2)c2ccccc2n1. The number of rotatable bonds is 8. The predicted molar refractivity (Wildman–Crippen MR) is 143 cm³/mol. The second kappa shape index (κ2) is 10.5. The number of ether oxygens (including phenoxy) is 2. The first-order chi connectivity index (χ1) is 18.3. The lowest BCUT2D eigenvalue weighted by atomic mass is 10.0. The zero-order valence-electron chi connectivity index (χ0n) is 22.0. The average molecular weight is 555 g/mol. The van der Waals surface area contributed by atoms with Crippen LogP contribution in [0, 0.1) is 6.92 Å². The van der Waals surface area contributed by atoms with E-state index in [4.69, 9.17) is 9.47 Å². The number of nitrogens with zero attached hydrogens (tertiary/aromatic N) is 1. The van der Waals surface area contributed by atoms with E-state index in [0.717, 1.165) is 22.2 Å². The minimum absolute atomic E-state index is 0.0781. The largest absolute Gasteiger partial charge is 0.489 e. The number of aromatic nitrogens is 1. The summed E-state index contributed by atoms with van der Waals surface area (Å²) in [6, 6.07) is 14.6. The number of para-hydroxylation sites is 1. The van der Waals surface area contributed by atoms with Gasteiger partial charge in [0.1, 0.15) is 18.0 Å². The zero-order valence-corrected chi connectivity index (χ0v) is 22.8. The highest BCUT2D eigenvalue weighted by molar-refractivity contribution is 7.91. The summed E-state index contributed by atoms with van der Waals surface area (Å²) in [7, 11) is -4.09. The Morgan fingerprint density at radius 1 is 1.08 bits per heavy atom. The van der Waals surface area contributed by atoms with Gasteiger partial charge in [-0.1, -0.05) is 18.2 Å². The van der Waals surface area contributed by atoms with Crippen molar-refractivity contribution in [2.75, 3.05) is 12.3 Å². The Morgan fingerprint density at radius 2 is 1.77 bits per heavy atom. The first-order valence-corrected chi connectivity index (χ1v) is 13.8. The van der Waals surface area contributed by atoms with Crippen molar-refractivity contribution in [1.29, 1.82) is 0 Å². The van der Waals surface area contributed by atoms with Gasteiger partial charge < -0.3 is 20.1 Å². The van der Waals surface area contributed by atoms with Crippen LogP contribution in [0.3, 0.4) is 0 Å².